The van der Waals surface area contributed by atoms with Crippen LogP contribution in [0.3, 0.4) is 0 Å². The van der Waals surface area contributed by atoms with Crippen molar-refractivity contribution >= 4 is 5.91 Å². The monoisotopic (exact) mass is 266 g/mol. The maximum absolute atomic E-state index is 13.6. The fraction of sp³-hybridized carbons (Fsp3) is 0.500. The minimum atomic E-state index is -0.679. The number of rotatable bonds is 3. The fourth-order valence-corrected chi connectivity index (χ4v) is 2.45. The van der Waals surface area contributed by atoms with Crippen LogP contribution in [0.25, 0.3) is 0 Å². The maximum Gasteiger partial charge on any atom is 0.260 e. The Labute approximate surface area is 112 Å². The van der Waals surface area contributed by atoms with Crippen molar-refractivity contribution in [3.63, 3.8) is 0 Å². The molecule has 0 radical (unpaired) electrons. The molecule has 1 amide bonds. The molecule has 1 fully saturated rings. The molecule has 2 N–H and O–H groups in total. The SMILES string of the molecule is CN(CC1CCNCC1)C(=O)c1c(O)cccc1F. The van der Waals surface area contributed by atoms with Crippen LogP contribution in [0.4, 0.5) is 4.39 Å². The second-order valence-corrected chi connectivity index (χ2v) is 5.01. The van der Waals surface area contributed by atoms with Crippen LogP contribution in [-0.2, 0) is 0 Å². The topological polar surface area (TPSA) is 52.6 Å². The lowest BCUT2D eigenvalue weighted by atomic mass is 9.97. The van der Waals surface area contributed by atoms with Gasteiger partial charge < -0.3 is 15.3 Å². The van der Waals surface area contributed by atoms with E-state index in [1.54, 1.807) is 7.05 Å². The van der Waals surface area contributed by atoms with Crippen LogP contribution in [0.1, 0.15) is 23.2 Å². The lowest BCUT2D eigenvalue weighted by Gasteiger charge is -2.27. The molecule has 2 rings (SSSR count). The first kappa shape index (κ1) is 13.8. The zero-order chi connectivity index (χ0) is 13.8. The van der Waals surface area contributed by atoms with Gasteiger partial charge in [0.25, 0.3) is 5.91 Å². The Bertz CT molecular complexity index is 439. The maximum atomic E-state index is 13.6. The Kier molecular flexibility index (Phi) is 4.37. The molecule has 1 aliphatic rings. The summed E-state index contributed by atoms with van der Waals surface area (Å²) in [6, 6.07) is 3.90. The van der Waals surface area contributed by atoms with Gasteiger partial charge in [-0.15, -0.1) is 0 Å². The molecule has 5 heteroatoms. The summed E-state index contributed by atoms with van der Waals surface area (Å²) in [5.41, 5.74) is -0.237. The third-order valence-corrected chi connectivity index (χ3v) is 3.54. The van der Waals surface area contributed by atoms with Crippen LogP contribution in [0.15, 0.2) is 18.2 Å². The van der Waals surface area contributed by atoms with Gasteiger partial charge in [0.1, 0.15) is 17.1 Å². The van der Waals surface area contributed by atoms with E-state index in [0.717, 1.165) is 25.9 Å². The number of phenolic OH excluding ortho intramolecular Hbond substituents is 1. The Morgan fingerprint density at radius 1 is 1.47 bits per heavy atom. The molecule has 0 bridgehead atoms. The average molecular weight is 266 g/mol. The normalized spacial score (nSPS) is 16.3. The van der Waals surface area contributed by atoms with Gasteiger partial charge in [0, 0.05) is 13.6 Å². The summed E-state index contributed by atoms with van der Waals surface area (Å²) in [4.78, 5) is 13.7. The van der Waals surface area contributed by atoms with Gasteiger partial charge in [0.15, 0.2) is 0 Å². The van der Waals surface area contributed by atoms with E-state index in [9.17, 15) is 14.3 Å². The molecule has 1 saturated heterocycles. The van der Waals surface area contributed by atoms with Gasteiger partial charge in [-0.25, -0.2) is 4.39 Å². The minimum Gasteiger partial charge on any atom is -0.507 e. The fourth-order valence-electron chi connectivity index (χ4n) is 2.45. The molecule has 19 heavy (non-hydrogen) atoms. The number of aromatic hydroxyl groups is 1. The van der Waals surface area contributed by atoms with Gasteiger partial charge in [-0.05, 0) is 44.0 Å². The van der Waals surface area contributed by atoms with Crippen molar-refractivity contribution in [2.45, 2.75) is 12.8 Å². The van der Waals surface area contributed by atoms with Gasteiger partial charge in [-0.3, -0.25) is 4.79 Å². The molecule has 0 atom stereocenters. The van der Waals surface area contributed by atoms with E-state index in [1.165, 1.54) is 23.1 Å². The number of nitrogens with one attached hydrogen (secondary N) is 1. The number of carbonyl (C=O) groups excluding carboxylic acids is 1. The summed E-state index contributed by atoms with van der Waals surface area (Å²) in [5, 5.41) is 12.9. The number of amides is 1. The summed E-state index contributed by atoms with van der Waals surface area (Å²) < 4.78 is 13.6. The third-order valence-electron chi connectivity index (χ3n) is 3.54. The van der Waals surface area contributed by atoms with E-state index in [2.05, 4.69) is 5.32 Å². The number of hydrogen-bond donors (Lipinski definition) is 2. The van der Waals surface area contributed by atoms with E-state index in [-0.39, 0.29) is 11.3 Å². The first-order valence-electron chi connectivity index (χ1n) is 6.53. The van der Waals surface area contributed by atoms with Crippen molar-refractivity contribution in [1.82, 2.24) is 10.2 Å². The quantitative estimate of drug-likeness (QED) is 0.874. The Balaban J connectivity index is 2.06. The molecule has 1 aromatic rings. The number of hydrogen-bond acceptors (Lipinski definition) is 3. The molecule has 1 heterocycles. The molecular weight excluding hydrogens is 247 g/mol. The number of nitrogens with zero attached hydrogens (tertiary/aromatic N) is 1. The number of carbonyl (C=O) groups is 1. The van der Waals surface area contributed by atoms with Crippen LogP contribution in [0, 0.1) is 11.7 Å². The smallest absolute Gasteiger partial charge is 0.260 e. The minimum absolute atomic E-state index is 0.237. The highest BCUT2D eigenvalue weighted by Gasteiger charge is 2.23. The molecule has 0 spiro atoms. The molecule has 0 aromatic heterocycles. The third kappa shape index (κ3) is 3.23. The number of halogens is 1. The van der Waals surface area contributed by atoms with Crippen molar-refractivity contribution in [3.8, 4) is 5.75 Å². The Morgan fingerprint density at radius 3 is 2.79 bits per heavy atom. The van der Waals surface area contributed by atoms with Crippen LogP contribution >= 0.6 is 0 Å². The standard InChI is InChI=1S/C14H19FN2O2/c1-17(9-10-5-7-16-8-6-10)14(19)13-11(15)3-2-4-12(13)18/h2-4,10,16,18H,5-9H2,1H3. The van der Waals surface area contributed by atoms with Gasteiger partial charge in [0.05, 0.1) is 0 Å². The summed E-state index contributed by atoms with van der Waals surface area (Å²) in [5.74, 6) is -1.01. The van der Waals surface area contributed by atoms with Crippen molar-refractivity contribution in [2.24, 2.45) is 5.92 Å². The first-order valence-corrected chi connectivity index (χ1v) is 6.53. The van der Waals surface area contributed by atoms with Crippen LogP contribution in [0.5, 0.6) is 5.75 Å². The van der Waals surface area contributed by atoms with E-state index in [4.69, 9.17) is 0 Å². The van der Waals surface area contributed by atoms with Gasteiger partial charge in [-0.2, -0.15) is 0 Å². The summed E-state index contributed by atoms with van der Waals surface area (Å²) in [6.45, 7) is 2.50. The highest BCUT2D eigenvalue weighted by molar-refractivity contribution is 5.96. The number of piperidine rings is 1. The Morgan fingerprint density at radius 2 is 2.16 bits per heavy atom. The molecule has 0 aliphatic carbocycles. The van der Waals surface area contributed by atoms with Crippen molar-refractivity contribution in [2.75, 3.05) is 26.7 Å². The van der Waals surface area contributed by atoms with Crippen molar-refractivity contribution in [1.29, 1.82) is 0 Å². The zero-order valence-electron chi connectivity index (χ0n) is 11.0. The highest BCUT2D eigenvalue weighted by Crippen LogP contribution is 2.22. The van der Waals surface area contributed by atoms with Crippen molar-refractivity contribution in [3.05, 3.63) is 29.6 Å². The van der Waals surface area contributed by atoms with Crippen LogP contribution in [0.2, 0.25) is 0 Å². The summed E-state index contributed by atoms with van der Waals surface area (Å²) in [6.07, 6.45) is 2.03. The second-order valence-electron chi connectivity index (χ2n) is 5.01. The largest absolute Gasteiger partial charge is 0.507 e. The lowest BCUT2D eigenvalue weighted by Crippen LogP contribution is -2.37. The van der Waals surface area contributed by atoms with Crippen LogP contribution in [-0.4, -0.2) is 42.6 Å². The number of phenols is 1. The molecule has 1 aromatic carbocycles. The highest BCUT2D eigenvalue weighted by atomic mass is 19.1. The van der Waals surface area contributed by atoms with Crippen molar-refractivity contribution < 1.29 is 14.3 Å². The predicted octanol–water partition coefficient (Wildman–Crippen LogP) is 1.60. The van der Waals surface area contributed by atoms with E-state index in [1.807, 2.05) is 0 Å². The zero-order valence-corrected chi connectivity index (χ0v) is 11.0. The molecular formula is C14H19FN2O2. The molecule has 1 aliphatic heterocycles. The molecule has 104 valence electrons. The molecule has 0 unspecified atom stereocenters. The lowest BCUT2D eigenvalue weighted by molar-refractivity contribution is 0.0755. The number of benzene rings is 1. The van der Waals surface area contributed by atoms with Gasteiger partial charge in [-0.1, -0.05) is 6.07 Å². The molecule has 4 nitrogen and oxygen atoms in total. The van der Waals surface area contributed by atoms with E-state index < -0.39 is 11.7 Å². The first-order chi connectivity index (χ1) is 9.09. The summed E-state index contributed by atoms with van der Waals surface area (Å²) >= 11 is 0. The van der Waals surface area contributed by atoms with E-state index >= 15 is 0 Å². The Hall–Kier alpha value is -1.62. The van der Waals surface area contributed by atoms with Gasteiger partial charge in [0.2, 0.25) is 0 Å². The van der Waals surface area contributed by atoms with E-state index in [0.29, 0.717) is 12.5 Å². The average Bonchev–Trinajstić information content (AvgIpc) is 2.39. The predicted molar refractivity (Wildman–Crippen MR) is 70.6 cm³/mol. The second kappa shape index (κ2) is 6.02. The molecule has 0 saturated carbocycles. The van der Waals surface area contributed by atoms with Crippen LogP contribution < -0.4 is 5.32 Å². The summed E-state index contributed by atoms with van der Waals surface area (Å²) in [7, 11) is 1.65. The van der Waals surface area contributed by atoms with Gasteiger partial charge >= 0.3 is 0 Å².